The summed E-state index contributed by atoms with van der Waals surface area (Å²) >= 11 is 1.69. The van der Waals surface area contributed by atoms with Crippen molar-refractivity contribution in [3.05, 3.63) is 65.2 Å². The second kappa shape index (κ2) is 19.4. The zero-order chi connectivity index (χ0) is 30.9. The molecule has 1 amide bonds. The third-order valence-corrected chi connectivity index (χ3v) is 8.03. The quantitative estimate of drug-likeness (QED) is 0.178. The van der Waals surface area contributed by atoms with Crippen LogP contribution in [0.4, 0.5) is 0 Å². The number of aromatic nitrogens is 1. The number of carbonyl (C=O) groups excluding carboxylic acids is 2. The first kappa shape index (κ1) is 35.4. The molecule has 2 atom stereocenters. The van der Waals surface area contributed by atoms with Crippen molar-refractivity contribution in [2.75, 3.05) is 26.7 Å². The molecule has 2 aliphatic rings. The Kier molecular flexibility index (Phi) is 16.4. The second-order valence-electron chi connectivity index (χ2n) is 10.9. The van der Waals surface area contributed by atoms with Crippen LogP contribution in [0.1, 0.15) is 94.7 Å². The molecule has 4 rings (SSSR count). The molecule has 0 spiro atoms. The molecule has 2 aliphatic heterocycles. The van der Waals surface area contributed by atoms with E-state index in [0.29, 0.717) is 18.2 Å². The molecule has 2 aromatic rings. The zero-order valence-electron chi connectivity index (χ0n) is 26.4. The van der Waals surface area contributed by atoms with E-state index in [1.54, 1.807) is 16.7 Å². The van der Waals surface area contributed by atoms with Crippen LogP contribution in [0.3, 0.4) is 0 Å². The lowest BCUT2D eigenvalue weighted by Crippen LogP contribution is -2.41. The van der Waals surface area contributed by atoms with Gasteiger partial charge in [-0.2, -0.15) is 0 Å². The van der Waals surface area contributed by atoms with Crippen LogP contribution in [-0.4, -0.2) is 60.5 Å². The van der Waals surface area contributed by atoms with Gasteiger partial charge in [-0.05, 0) is 69.8 Å². The molecular weight excluding hydrogens is 546 g/mol. The van der Waals surface area contributed by atoms with Gasteiger partial charge in [0.15, 0.2) is 0 Å². The predicted octanol–water partition coefficient (Wildman–Crippen LogP) is 6.30. The van der Waals surface area contributed by atoms with Gasteiger partial charge in [0.25, 0.3) is 0 Å². The molecule has 232 valence electrons. The number of nitrogens with zero attached hydrogens (tertiary/aromatic N) is 3. The molecule has 1 aromatic heterocycles. The number of hydrogen-bond donors (Lipinski definition) is 2. The molecule has 8 nitrogen and oxygen atoms in total. The highest BCUT2D eigenvalue weighted by Crippen LogP contribution is 2.33. The fraction of sp³-hybridized carbons (Fsp3) is 0.576. The number of likely N-dealkylation sites (tertiary alicyclic amines) is 1. The van der Waals surface area contributed by atoms with Crippen LogP contribution in [0, 0.1) is 5.92 Å². The van der Waals surface area contributed by atoms with E-state index in [-0.39, 0.29) is 23.8 Å². The van der Waals surface area contributed by atoms with Gasteiger partial charge >= 0.3 is 0 Å². The summed E-state index contributed by atoms with van der Waals surface area (Å²) in [5, 5.41) is 10.7. The summed E-state index contributed by atoms with van der Waals surface area (Å²) in [5.41, 5.74) is 6.03. The van der Waals surface area contributed by atoms with Gasteiger partial charge in [-0.1, -0.05) is 63.7 Å². The van der Waals surface area contributed by atoms with Gasteiger partial charge in [-0.25, -0.2) is 0 Å². The standard InChI is InChI=1S/C18H27N3O3.C13H18N2S.C2H6/c1-12(2)17(18(23)21-9-3-4-14(21)11-22)15-10-16(24-20-15)13-5-7-19-8-6-13;1-11(2)15-10-16-9-13-6-4-12(5-7-13)8-14-3;1-2/h10-14,17,19H,3-9H2,1-2H3;4-7,10,14H,1,8-9H2,2-3H3;1-2H3. The number of carbonyl (C=O) groups is 2. The van der Waals surface area contributed by atoms with Crippen LogP contribution < -0.4 is 10.6 Å². The maximum atomic E-state index is 13.0. The Morgan fingerprint density at radius 3 is 2.48 bits per heavy atom. The van der Waals surface area contributed by atoms with Gasteiger partial charge in [0.05, 0.1) is 23.2 Å². The van der Waals surface area contributed by atoms with Gasteiger partial charge in [0.1, 0.15) is 12.0 Å². The topological polar surface area (TPSA) is 99.8 Å². The lowest BCUT2D eigenvalue weighted by atomic mass is 9.89. The van der Waals surface area contributed by atoms with Crippen molar-refractivity contribution < 1.29 is 14.1 Å². The van der Waals surface area contributed by atoms with Crippen LogP contribution in [-0.2, 0) is 21.9 Å². The fourth-order valence-electron chi connectivity index (χ4n) is 5.11. The van der Waals surface area contributed by atoms with Gasteiger partial charge < -0.3 is 24.9 Å². The maximum Gasteiger partial charge on any atom is 0.232 e. The maximum absolute atomic E-state index is 13.0. The Bertz CT molecular complexity index is 1110. The van der Waals surface area contributed by atoms with Crippen molar-refractivity contribution in [2.45, 2.75) is 90.5 Å². The Hall–Kier alpha value is -2.75. The molecule has 2 N–H and O–H groups in total. The molecule has 0 aliphatic carbocycles. The van der Waals surface area contributed by atoms with E-state index in [2.05, 4.69) is 51.6 Å². The molecule has 0 bridgehead atoms. The summed E-state index contributed by atoms with van der Waals surface area (Å²) in [6.07, 6.45) is 4.62. The molecule has 9 heteroatoms. The normalized spacial score (nSPS) is 17.8. The van der Waals surface area contributed by atoms with E-state index >= 15 is 0 Å². The third-order valence-electron chi connectivity index (χ3n) is 7.28. The highest BCUT2D eigenvalue weighted by molar-refractivity contribution is 8.11. The molecule has 0 radical (unpaired) electrons. The van der Waals surface area contributed by atoms with Gasteiger partial charge in [-0.15, -0.1) is 11.8 Å². The second-order valence-corrected chi connectivity index (χ2v) is 11.7. The number of thioether (sulfide) groups is 1. The number of aliphatic imine (C=N–C) groups is 1. The van der Waals surface area contributed by atoms with Crippen LogP contribution >= 0.6 is 11.8 Å². The van der Waals surface area contributed by atoms with Crippen molar-refractivity contribution >= 4 is 29.5 Å². The first-order chi connectivity index (χ1) is 20.3. The molecule has 1 aromatic carbocycles. The van der Waals surface area contributed by atoms with Crippen molar-refractivity contribution in [1.82, 2.24) is 20.7 Å². The van der Waals surface area contributed by atoms with Crippen LogP contribution in [0.15, 0.2) is 52.1 Å². The first-order valence-corrected chi connectivity index (χ1v) is 16.3. The largest absolute Gasteiger partial charge is 0.361 e. The Morgan fingerprint density at radius 2 is 1.88 bits per heavy atom. The van der Waals surface area contributed by atoms with E-state index in [4.69, 9.17) is 4.52 Å². The number of benzene rings is 1. The average Bonchev–Trinajstić information content (AvgIpc) is 3.68. The lowest BCUT2D eigenvalue weighted by Gasteiger charge is -2.27. The number of rotatable bonds is 11. The van der Waals surface area contributed by atoms with Crippen molar-refractivity contribution in [2.24, 2.45) is 10.9 Å². The van der Waals surface area contributed by atoms with Crippen LogP contribution in [0.2, 0.25) is 0 Å². The van der Waals surface area contributed by atoms with Gasteiger partial charge in [0.2, 0.25) is 5.91 Å². The molecule has 3 heterocycles. The summed E-state index contributed by atoms with van der Waals surface area (Å²) in [6.45, 7) is 17.2. The highest BCUT2D eigenvalue weighted by Gasteiger charge is 2.37. The van der Waals surface area contributed by atoms with E-state index in [9.17, 15) is 9.59 Å². The molecule has 42 heavy (non-hydrogen) atoms. The summed E-state index contributed by atoms with van der Waals surface area (Å²) in [6, 6.07) is 10.3. The van der Waals surface area contributed by atoms with Crippen molar-refractivity contribution in [3.8, 4) is 0 Å². The Labute approximate surface area is 257 Å². The Morgan fingerprint density at radius 1 is 1.21 bits per heavy atom. The minimum atomic E-state index is -0.343. The minimum Gasteiger partial charge on any atom is -0.361 e. The molecule has 2 fully saturated rings. The van der Waals surface area contributed by atoms with E-state index < -0.39 is 0 Å². The number of hydrogen-bond acceptors (Lipinski definition) is 8. The number of aldehydes is 1. The predicted molar refractivity (Wildman–Crippen MR) is 175 cm³/mol. The highest BCUT2D eigenvalue weighted by atomic mass is 32.2. The number of piperidine rings is 1. The molecule has 0 saturated carbocycles. The minimum absolute atomic E-state index is 0.00441. The summed E-state index contributed by atoms with van der Waals surface area (Å²) in [5.74, 6) is 1.99. The Balaban J connectivity index is 0.000000299. The van der Waals surface area contributed by atoms with Crippen molar-refractivity contribution in [3.63, 3.8) is 0 Å². The van der Waals surface area contributed by atoms with E-state index in [0.717, 1.165) is 68.8 Å². The van der Waals surface area contributed by atoms with Crippen LogP contribution in [0.25, 0.3) is 0 Å². The van der Waals surface area contributed by atoms with E-state index in [1.165, 1.54) is 11.1 Å². The van der Waals surface area contributed by atoms with Gasteiger partial charge in [-0.3, -0.25) is 9.79 Å². The zero-order valence-corrected chi connectivity index (χ0v) is 27.2. The SMILES string of the molecule is C=C(C)N=CSCc1ccc(CNC)cc1.CC.CC(C)C(C(=O)N1CCCC1C=O)c1cc(C2CCNCC2)on1. The third kappa shape index (κ3) is 11.2. The van der Waals surface area contributed by atoms with E-state index in [1.807, 2.05) is 53.3 Å². The molecule has 2 unspecified atom stereocenters. The summed E-state index contributed by atoms with van der Waals surface area (Å²) in [7, 11) is 1.96. The van der Waals surface area contributed by atoms with Crippen LogP contribution in [0.5, 0.6) is 0 Å². The summed E-state index contributed by atoms with van der Waals surface area (Å²) in [4.78, 5) is 30.1. The number of nitrogens with one attached hydrogen (secondary N) is 2. The number of amides is 1. The smallest absolute Gasteiger partial charge is 0.232 e. The molecule has 2 saturated heterocycles. The monoisotopic (exact) mass is 597 g/mol. The summed E-state index contributed by atoms with van der Waals surface area (Å²) < 4.78 is 5.58. The van der Waals surface area contributed by atoms with Gasteiger partial charge in [0, 0.05) is 36.5 Å². The number of allylic oxidation sites excluding steroid dienone is 1. The fourth-order valence-corrected chi connectivity index (χ4v) is 5.82. The molecular formula is C33H51N5O3S. The first-order valence-electron chi connectivity index (χ1n) is 15.3. The lowest BCUT2D eigenvalue weighted by molar-refractivity contribution is -0.137. The average molecular weight is 598 g/mol. The van der Waals surface area contributed by atoms with Crippen molar-refractivity contribution in [1.29, 1.82) is 0 Å².